The number of hydrogen-bond acceptors (Lipinski definition) is 3. The van der Waals surface area contributed by atoms with Crippen molar-refractivity contribution in [3.63, 3.8) is 0 Å². The second-order valence-electron chi connectivity index (χ2n) is 2.64. The number of rotatable bonds is 2. The third kappa shape index (κ3) is 2.91. The van der Waals surface area contributed by atoms with Crippen molar-refractivity contribution in [2.75, 3.05) is 25.4 Å². The molecule has 0 aliphatic carbocycles. The summed E-state index contributed by atoms with van der Waals surface area (Å²) < 4.78 is 0. The molecule has 5 heteroatoms. The van der Waals surface area contributed by atoms with Crippen LogP contribution in [0.1, 0.15) is 13.8 Å². The molecule has 0 aromatic rings. The van der Waals surface area contributed by atoms with Gasteiger partial charge in [0.15, 0.2) is 5.17 Å². The first-order valence-electron chi connectivity index (χ1n) is 4.51. The summed E-state index contributed by atoms with van der Waals surface area (Å²) in [6, 6.07) is -0.0434. The van der Waals surface area contributed by atoms with Gasteiger partial charge >= 0.3 is 6.03 Å². The highest BCUT2D eigenvalue weighted by atomic mass is 32.2. The molecule has 1 aliphatic rings. The maximum Gasteiger partial charge on any atom is 0.323 e. The summed E-state index contributed by atoms with van der Waals surface area (Å²) in [5, 5.41) is 3.54. The zero-order valence-corrected chi connectivity index (χ0v) is 8.86. The number of amidine groups is 1. The van der Waals surface area contributed by atoms with E-state index in [9.17, 15) is 4.79 Å². The van der Waals surface area contributed by atoms with E-state index in [2.05, 4.69) is 10.3 Å². The molecule has 1 N–H and O–H groups in total. The molecule has 1 heterocycles. The summed E-state index contributed by atoms with van der Waals surface area (Å²) in [6.07, 6.45) is 0. The molecule has 0 spiro atoms. The molecule has 0 atom stereocenters. The lowest BCUT2D eigenvalue weighted by atomic mass is 10.5. The molecule has 0 unspecified atom stereocenters. The third-order valence-corrected chi connectivity index (χ3v) is 2.74. The predicted molar refractivity (Wildman–Crippen MR) is 56.2 cm³/mol. The fourth-order valence-corrected chi connectivity index (χ4v) is 1.81. The second-order valence-corrected chi connectivity index (χ2v) is 3.72. The summed E-state index contributed by atoms with van der Waals surface area (Å²) >= 11 is 1.60. The molecule has 13 heavy (non-hydrogen) atoms. The molecule has 0 saturated heterocycles. The van der Waals surface area contributed by atoms with Crippen molar-refractivity contribution < 1.29 is 4.79 Å². The molecule has 0 bridgehead atoms. The Morgan fingerprint density at radius 1 is 1.62 bits per heavy atom. The van der Waals surface area contributed by atoms with Gasteiger partial charge < -0.3 is 4.90 Å². The number of thioether (sulfide) groups is 1. The van der Waals surface area contributed by atoms with Crippen LogP contribution in [-0.2, 0) is 0 Å². The lowest BCUT2D eigenvalue weighted by Gasteiger charge is -2.18. The van der Waals surface area contributed by atoms with Gasteiger partial charge in [0.2, 0.25) is 0 Å². The molecule has 0 aromatic carbocycles. The van der Waals surface area contributed by atoms with Crippen molar-refractivity contribution in [1.82, 2.24) is 10.2 Å². The van der Waals surface area contributed by atoms with E-state index < -0.39 is 0 Å². The highest BCUT2D eigenvalue weighted by Gasteiger charge is 2.14. The molecule has 1 rings (SSSR count). The van der Waals surface area contributed by atoms with Crippen molar-refractivity contribution in [3.8, 4) is 0 Å². The highest BCUT2D eigenvalue weighted by Crippen LogP contribution is 2.09. The van der Waals surface area contributed by atoms with Crippen LogP contribution in [-0.4, -0.2) is 41.5 Å². The van der Waals surface area contributed by atoms with E-state index in [1.165, 1.54) is 0 Å². The summed E-state index contributed by atoms with van der Waals surface area (Å²) in [5.74, 6) is 0.980. The Balaban J connectivity index is 2.39. The van der Waals surface area contributed by atoms with Gasteiger partial charge in [0.25, 0.3) is 0 Å². The van der Waals surface area contributed by atoms with Gasteiger partial charge in [-0.1, -0.05) is 11.8 Å². The Hall–Kier alpha value is -0.710. The SMILES string of the molecule is CCN(CC)C(=O)NC1=NCCS1. The van der Waals surface area contributed by atoms with Crippen LogP contribution in [0, 0.1) is 0 Å². The van der Waals surface area contributed by atoms with Crippen molar-refractivity contribution in [2.24, 2.45) is 4.99 Å². The highest BCUT2D eigenvalue weighted by molar-refractivity contribution is 8.14. The van der Waals surface area contributed by atoms with E-state index in [1.807, 2.05) is 13.8 Å². The van der Waals surface area contributed by atoms with Crippen molar-refractivity contribution in [3.05, 3.63) is 0 Å². The van der Waals surface area contributed by atoms with Gasteiger partial charge in [0.05, 0.1) is 6.54 Å². The first-order valence-corrected chi connectivity index (χ1v) is 5.49. The van der Waals surface area contributed by atoms with E-state index in [0.29, 0.717) is 0 Å². The Labute approximate surface area is 82.8 Å². The fraction of sp³-hybridized carbons (Fsp3) is 0.750. The summed E-state index contributed by atoms with van der Waals surface area (Å²) in [6.45, 7) is 6.22. The minimum atomic E-state index is -0.0434. The average Bonchev–Trinajstić information content (AvgIpc) is 2.59. The van der Waals surface area contributed by atoms with Gasteiger partial charge in [-0.05, 0) is 13.8 Å². The molecule has 2 amide bonds. The van der Waals surface area contributed by atoms with Gasteiger partial charge in [0.1, 0.15) is 0 Å². The second kappa shape index (κ2) is 5.11. The Morgan fingerprint density at radius 3 is 2.77 bits per heavy atom. The van der Waals surface area contributed by atoms with Crippen LogP contribution < -0.4 is 5.32 Å². The van der Waals surface area contributed by atoms with E-state index in [0.717, 1.165) is 30.6 Å². The Bertz CT molecular complexity index is 213. The lowest BCUT2D eigenvalue weighted by molar-refractivity contribution is 0.209. The standard InChI is InChI=1S/C8H15N3OS/c1-3-11(4-2)8(12)10-7-9-5-6-13-7/h3-6H2,1-2H3,(H,9,10,12). The van der Waals surface area contributed by atoms with Crippen LogP contribution in [0.4, 0.5) is 4.79 Å². The molecule has 0 radical (unpaired) electrons. The summed E-state index contributed by atoms with van der Waals surface area (Å²) in [5.41, 5.74) is 0. The molecule has 0 fully saturated rings. The predicted octanol–water partition coefficient (Wildman–Crippen LogP) is 1.14. The molecule has 74 valence electrons. The van der Waals surface area contributed by atoms with E-state index >= 15 is 0 Å². The van der Waals surface area contributed by atoms with Gasteiger partial charge in [-0.25, -0.2) is 4.79 Å². The minimum Gasteiger partial charge on any atom is -0.325 e. The van der Waals surface area contributed by atoms with Crippen molar-refractivity contribution in [2.45, 2.75) is 13.8 Å². The van der Waals surface area contributed by atoms with E-state index in [1.54, 1.807) is 16.7 Å². The smallest absolute Gasteiger partial charge is 0.323 e. The van der Waals surface area contributed by atoms with Crippen LogP contribution >= 0.6 is 11.8 Å². The maximum atomic E-state index is 11.5. The van der Waals surface area contributed by atoms with Crippen molar-refractivity contribution >= 4 is 23.0 Å². The summed E-state index contributed by atoms with van der Waals surface area (Å²) in [4.78, 5) is 17.4. The molecular formula is C8H15N3OS. The number of urea groups is 1. The zero-order chi connectivity index (χ0) is 9.68. The first-order chi connectivity index (χ1) is 6.27. The van der Waals surface area contributed by atoms with Crippen LogP contribution in [0.2, 0.25) is 0 Å². The topological polar surface area (TPSA) is 44.7 Å². The maximum absolute atomic E-state index is 11.5. The first kappa shape index (κ1) is 10.4. The zero-order valence-electron chi connectivity index (χ0n) is 8.04. The summed E-state index contributed by atoms with van der Waals surface area (Å²) in [7, 11) is 0. The fourth-order valence-electron chi connectivity index (χ4n) is 1.09. The van der Waals surface area contributed by atoms with Crippen molar-refractivity contribution in [1.29, 1.82) is 0 Å². The number of nitrogens with one attached hydrogen (secondary N) is 1. The van der Waals surface area contributed by atoms with Gasteiger partial charge in [-0.3, -0.25) is 10.3 Å². The molecule has 1 aliphatic heterocycles. The number of carbonyl (C=O) groups is 1. The number of nitrogens with zero attached hydrogens (tertiary/aromatic N) is 2. The van der Waals surface area contributed by atoms with Gasteiger partial charge in [0, 0.05) is 18.8 Å². The molecule has 0 saturated carbocycles. The number of amides is 2. The normalized spacial score (nSPS) is 15.4. The monoisotopic (exact) mass is 201 g/mol. The molecule has 4 nitrogen and oxygen atoms in total. The lowest BCUT2D eigenvalue weighted by Crippen LogP contribution is -2.41. The largest absolute Gasteiger partial charge is 0.325 e. The van der Waals surface area contributed by atoms with Crippen LogP contribution in [0.3, 0.4) is 0 Å². The quantitative estimate of drug-likeness (QED) is 0.728. The van der Waals surface area contributed by atoms with Crippen LogP contribution in [0.15, 0.2) is 4.99 Å². The Kier molecular flexibility index (Phi) is 4.08. The van der Waals surface area contributed by atoms with Gasteiger partial charge in [-0.15, -0.1) is 0 Å². The van der Waals surface area contributed by atoms with Crippen LogP contribution in [0.5, 0.6) is 0 Å². The minimum absolute atomic E-state index is 0.0434. The van der Waals surface area contributed by atoms with Gasteiger partial charge in [-0.2, -0.15) is 0 Å². The number of aliphatic imine (C=N–C) groups is 1. The van der Waals surface area contributed by atoms with E-state index in [4.69, 9.17) is 0 Å². The molecular weight excluding hydrogens is 186 g/mol. The molecule has 0 aromatic heterocycles. The van der Waals surface area contributed by atoms with Crippen LogP contribution in [0.25, 0.3) is 0 Å². The third-order valence-electron chi connectivity index (χ3n) is 1.85. The average molecular weight is 201 g/mol. The van der Waals surface area contributed by atoms with E-state index in [-0.39, 0.29) is 6.03 Å². The number of carbonyl (C=O) groups excluding carboxylic acids is 1. The number of hydrogen-bond donors (Lipinski definition) is 1. The Morgan fingerprint density at radius 2 is 2.31 bits per heavy atom.